The first-order chi connectivity index (χ1) is 18.2. The third-order valence-corrected chi connectivity index (χ3v) is 7.12. The number of rotatable bonds is 7. The molecule has 0 radical (unpaired) electrons. The molecular formula is C29H29N5O4. The van der Waals surface area contributed by atoms with Crippen LogP contribution >= 0.6 is 0 Å². The quantitative estimate of drug-likeness (QED) is 0.287. The summed E-state index contributed by atoms with van der Waals surface area (Å²) >= 11 is 0. The molecule has 0 unspecified atom stereocenters. The van der Waals surface area contributed by atoms with Crippen molar-refractivity contribution in [1.82, 2.24) is 16.0 Å². The summed E-state index contributed by atoms with van der Waals surface area (Å²) in [6, 6.07) is 19.3. The number of carbonyl (C=O) groups is 3. The van der Waals surface area contributed by atoms with Gasteiger partial charge in [-0.25, -0.2) is 6.57 Å². The van der Waals surface area contributed by atoms with Gasteiger partial charge in [-0.3, -0.25) is 24.5 Å². The van der Waals surface area contributed by atoms with Gasteiger partial charge in [-0.2, -0.15) is 0 Å². The third kappa shape index (κ3) is 5.04. The van der Waals surface area contributed by atoms with E-state index in [2.05, 4.69) is 50.0 Å². The molecular weight excluding hydrogens is 482 g/mol. The molecule has 1 saturated carbocycles. The van der Waals surface area contributed by atoms with Crippen LogP contribution in [0.3, 0.4) is 0 Å². The molecule has 5 rings (SSSR count). The molecule has 3 aromatic carbocycles. The Bertz CT molecular complexity index is 1460. The topological polar surface area (TPSA) is 115 Å². The lowest BCUT2D eigenvalue weighted by Crippen LogP contribution is -2.60. The first-order valence-corrected chi connectivity index (χ1v) is 12.5. The number of carbonyl (C=O) groups excluding carboxylic acids is 3. The molecule has 38 heavy (non-hydrogen) atoms. The summed E-state index contributed by atoms with van der Waals surface area (Å²) in [6.45, 7) is 9.37. The molecule has 0 spiro atoms. The van der Waals surface area contributed by atoms with E-state index < -0.39 is 23.0 Å². The summed E-state index contributed by atoms with van der Waals surface area (Å²) in [5.74, 6) is -2.02. The number of aliphatic hydroxyl groups is 1. The van der Waals surface area contributed by atoms with Crippen molar-refractivity contribution in [2.24, 2.45) is 0 Å². The second kappa shape index (κ2) is 9.80. The predicted molar refractivity (Wildman–Crippen MR) is 143 cm³/mol. The van der Waals surface area contributed by atoms with Gasteiger partial charge in [0.1, 0.15) is 0 Å². The van der Waals surface area contributed by atoms with Crippen molar-refractivity contribution in [3.05, 3.63) is 88.8 Å². The Morgan fingerprint density at radius 1 is 1.00 bits per heavy atom. The van der Waals surface area contributed by atoms with Crippen molar-refractivity contribution in [1.29, 1.82) is 0 Å². The molecule has 0 bridgehead atoms. The van der Waals surface area contributed by atoms with E-state index in [9.17, 15) is 19.5 Å². The van der Waals surface area contributed by atoms with Crippen LogP contribution in [-0.4, -0.2) is 48.2 Å². The van der Waals surface area contributed by atoms with Crippen LogP contribution < -0.4 is 20.9 Å². The standard InChI is InChI=1S/C29H29N5O4/c1-28(38)16-34(17-28)21-13-19-7-3-5-9-22(19)24(14-21)29(11-12-29)33-25(35)23-10-6-4-8-20(23)15-31-26(36)27(37)32-18-30-2/h3-10,13-14,38H,11-12,15-18H2,1H3,(H,31,36)(H,32,37)(H,33,35). The van der Waals surface area contributed by atoms with Gasteiger partial charge in [0.25, 0.3) is 12.6 Å². The fraction of sp³-hybridized carbons (Fsp3) is 0.310. The molecule has 1 heterocycles. The second-order valence-corrected chi connectivity index (χ2v) is 10.3. The Hall–Kier alpha value is -4.42. The van der Waals surface area contributed by atoms with Crippen molar-refractivity contribution in [2.75, 3.05) is 24.7 Å². The minimum absolute atomic E-state index is 0.00579. The van der Waals surface area contributed by atoms with Crippen molar-refractivity contribution in [3.8, 4) is 0 Å². The van der Waals surface area contributed by atoms with Gasteiger partial charge in [0, 0.05) is 30.9 Å². The third-order valence-electron chi connectivity index (χ3n) is 7.12. The smallest absolute Gasteiger partial charge is 0.314 e. The number of hydrogen-bond donors (Lipinski definition) is 4. The van der Waals surface area contributed by atoms with E-state index >= 15 is 0 Å². The molecule has 1 saturated heterocycles. The van der Waals surface area contributed by atoms with Crippen LogP contribution in [0.25, 0.3) is 15.6 Å². The zero-order valence-electron chi connectivity index (χ0n) is 21.1. The fourth-order valence-electron chi connectivity index (χ4n) is 5.05. The number of benzene rings is 3. The average molecular weight is 512 g/mol. The number of nitrogens with zero attached hydrogens (tertiary/aromatic N) is 2. The molecule has 1 aliphatic carbocycles. The molecule has 4 N–H and O–H groups in total. The van der Waals surface area contributed by atoms with Crippen molar-refractivity contribution < 1.29 is 19.5 Å². The molecule has 2 aliphatic rings. The largest absolute Gasteiger partial charge is 0.386 e. The maximum Gasteiger partial charge on any atom is 0.314 e. The van der Waals surface area contributed by atoms with E-state index in [4.69, 9.17) is 6.57 Å². The number of anilines is 1. The van der Waals surface area contributed by atoms with Gasteiger partial charge >= 0.3 is 11.8 Å². The molecule has 1 aliphatic heterocycles. The Morgan fingerprint density at radius 3 is 2.39 bits per heavy atom. The summed E-state index contributed by atoms with van der Waals surface area (Å²) in [6.07, 6.45) is 1.59. The minimum Gasteiger partial charge on any atom is -0.386 e. The van der Waals surface area contributed by atoms with E-state index in [0.29, 0.717) is 24.2 Å². The summed E-state index contributed by atoms with van der Waals surface area (Å²) in [5.41, 5.74) is 1.84. The van der Waals surface area contributed by atoms with E-state index in [1.54, 1.807) is 24.3 Å². The van der Waals surface area contributed by atoms with E-state index in [-0.39, 0.29) is 19.1 Å². The van der Waals surface area contributed by atoms with E-state index in [0.717, 1.165) is 34.9 Å². The van der Waals surface area contributed by atoms with Crippen LogP contribution in [0.15, 0.2) is 60.7 Å². The highest BCUT2D eigenvalue weighted by molar-refractivity contribution is 6.35. The van der Waals surface area contributed by atoms with Gasteiger partial charge in [0.05, 0.1) is 11.1 Å². The number of amides is 3. The lowest BCUT2D eigenvalue weighted by molar-refractivity contribution is -0.139. The Balaban J connectivity index is 1.37. The molecule has 194 valence electrons. The first-order valence-electron chi connectivity index (χ1n) is 12.5. The zero-order valence-corrected chi connectivity index (χ0v) is 21.1. The maximum atomic E-state index is 13.5. The number of hydrogen-bond acceptors (Lipinski definition) is 5. The molecule has 3 aromatic rings. The first kappa shape index (κ1) is 25.2. The van der Waals surface area contributed by atoms with Gasteiger partial charge in [0.15, 0.2) is 0 Å². The highest BCUT2D eigenvalue weighted by atomic mass is 16.3. The van der Waals surface area contributed by atoms with Crippen LogP contribution in [0.5, 0.6) is 0 Å². The summed E-state index contributed by atoms with van der Waals surface area (Å²) in [5, 5.41) is 20.4. The number of β-amino-alcohol motifs (C(OH)–C–C–N with tert-alkyl or cyclic N) is 1. The van der Waals surface area contributed by atoms with Crippen LogP contribution in [0.2, 0.25) is 0 Å². The highest BCUT2D eigenvalue weighted by Crippen LogP contribution is 2.49. The average Bonchev–Trinajstić information content (AvgIpc) is 3.68. The summed E-state index contributed by atoms with van der Waals surface area (Å²) in [7, 11) is 0. The number of fused-ring (bicyclic) bond motifs is 1. The monoisotopic (exact) mass is 511 g/mol. The Kier molecular flexibility index (Phi) is 6.51. The molecule has 0 atom stereocenters. The molecule has 0 aromatic heterocycles. The van der Waals surface area contributed by atoms with Crippen molar-refractivity contribution >= 4 is 34.2 Å². The van der Waals surface area contributed by atoms with Gasteiger partial charge < -0.3 is 20.6 Å². The molecule has 2 fully saturated rings. The van der Waals surface area contributed by atoms with Crippen molar-refractivity contribution in [3.63, 3.8) is 0 Å². The normalized spacial score (nSPS) is 16.6. The lowest BCUT2D eigenvalue weighted by atomic mass is 9.92. The molecule has 9 nitrogen and oxygen atoms in total. The van der Waals surface area contributed by atoms with Crippen molar-refractivity contribution in [2.45, 2.75) is 37.5 Å². The Morgan fingerprint density at radius 2 is 1.68 bits per heavy atom. The fourth-order valence-corrected chi connectivity index (χ4v) is 5.05. The SMILES string of the molecule is [C-]#[N+]CNC(=O)C(=O)NCc1ccccc1C(=O)NC1(c2cc(N3CC(C)(O)C3)cc3ccccc23)CC1. The Labute approximate surface area is 220 Å². The predicted octanol–water partition coefficient (Wildman–Crippen LogP) is 2.44. The summed E-state index contributed by atoms with van der Waals surface area (Å²) < 4.78 is 0. The van der Waals surface area contributed by atoms with Gasteiger partial charge in [-0.15, -0.1) is 0 Å². The lowest BCUT2D eigenvalue weighted by Gasteiger charge is -2.46. The van der Waals surface area contributed by atoms with Crippen LogP contribution in [0, 0.1) is 6.57 Å². The van der Waals surface area contributed by atoms with Crippen LogP contribution in [-0.2, 0) is 21.7 Å². The molecule has 3 amide bonds. The van der Waals surface area contributed by atoms with E-state index in [1.807, 2.05) is 19.1 Å². The van der Waals surface area contributed by atoms with Crippen LogP contribution in [0.1, 0.15) is 41.3 Å². The van der Waals surface area contributed by atoms with Crippen LogP contribution in [0.4, 0.5) is 5.69 Å². The minimum atomic E-state index is -0.893. The highest BCUT2D eigenvalue weighted by Gasteiger charge is 2.47. The molecule has 9 heteroatoms. The van der Waals surface area contributed by atoms with Gasteiger partial charge in [0.2, 0.25) is 0 Å². The zero-order chi connectivity index (χ0) is 26.9. The van der Waals surface area contributed by atoms with E-state index in [1.165, 1.54) is 0 Å². The van der Waals surface area contributed by atoms with Gasteiger partial charge in [-0.05, 0) is 59.9 Å². The second-order valence-electron chi connectivity index (χ2n) is 10.3. The number of nitrogens with one attached hydrogen (secondary N) is 3. The van der Waals surface area contributed by atoms with Gasteiger partial charge in [-0.1, -0.05) is 42.5 Å². The summed E-state index contributed by atoms with van der Waals surface area (Å²) in [4.78, 5) is 42.5. The maximum absolute atomic E-state index is 13.5.